The average molecular weight is 194 g/mol. The van der Waals surface area contributed by atoms with Crippen molar-refractivity contribution in [3.8, 4) is 5.75 Å². The number of aromatic nitrogens is 2. The average Bonchev–Trinajstić information content (AvgIpc) is 2.19. The molecule has 0 bridgehead atoms. The van der Waals surface area contributed by atoms with Gasteiger partial charge >= 0.3 is 0 Å². The molecule has 0 radical (unpaired) electrons. The highest BCUT2D eigenvalue weighted by molar-refractivity contribution is 5.31. The van der Waals surface area contributed by atoms with E-state index in [1.807, 2.05) is 4.90 Å². The second kappa shape index (κ2) is 3.79. The fourth-order valence-corrected chi connectivity index (χ4v) is 1.67. The van der Waals surface area contributed by atoms with Crippen LogP contribution in [0.4, 0.5) is 5.95 Å². The predicted octanol–water partition coefficient (Wildman–Crippen LogP) is 0.110. The summed E-state index contributed by atoms with van der Waals surface area (Å²) in [6.45, 7) is 1.74. The van der Waals surface area contributed by atoms with Gasteiger partial charge in [-0.1, -0.05) is 0 Å². The van der Waals surface area contributed by atoms with Gasteiger partial charge in [-0.15, -0.1) is 0 Å². The van der Waals surface area contributed by atoms with Gasteiger partial charge in [0, 0.05) is 19.1 Å². The second-order valence-corrected chi connectivity index (χ2v) is 3.59. The molecule has 0 spiro atoms. The van der Waals surface area contributed by atoms with E-state index in [-0.39, 0.29) is 11.8 Å². The van der Waals surface area contributed by atoms with Gasteiger partial charge in [0.05, 0.1) is 12.4 Å². The molecule has 1 saturated heterocycles. The van der Waals surface area contributed by atoms with Crippen molar-refractivity contribution in [1.29, 1.82) is 0 Å². The number of nitrogens with zero attached hydrogens (tertiary/aromatic N) is 3. The minimum Gasteiger partial charge on any atom is -0.505 e. The van der Waals surface area contributed by atoms with Crippen molar-refractivity contribution in [3.63, 3.8) is 0 Å². The van der Waals surface area contributed by atoms with Crippen LogP contribution < -0.4 is 10.6 Å². The van der Waals surface area contributed by atoms with Crippen molar-refractivity contribution in [2.45, 2.75) is 18.9 Å². The lowest BCUT2D eigenvalue weighted by atomic mass is 10.1. The first-order valence-electron chi connectivity index (χ1n) is 4.77. The Bertz CT molecular complexity index is 300. The summed E-state index contributed by atoms with van der Waals surface area (Å²) in [4.78, 5) is 10.1. The summed E-state index contributed by atoms with van der Waals surface area (Å²) in [5.74, 6) is 0.744. The molecule has 76 valence electrons. The van der Waals surface area contributed by atoms with E-state index in [1.165, 1.54) is 12.4 Å². The molecule has 1 unspecified atom stereocenters. The third-order valence-electron chi connectivity index (χ3n) is 2.37. The quantitative estimate of drug-likeness (QED) is 0.663. The van der Waals surface area contributed by atoms with E-state index in [0.29, 0.717) is 5.95 Å². The zero-order valence-corrected chi connectivity index (χ0v) is 7.93. The number of hydrogen-bond donors (Lipinski definition) is 2. The normalized spacial score (nSPS) is 22.4. The van der Waals surface area contributed by atoms with Gasteiger partial charge in [-0.2, -0.15) is 0 Å². The molecule has 5 nitrogen and oxygen atoms in total. The first-order valence-corrected chi connectivity index (χ1v) is 4.77. The van der Waals surface area contributed by atoms with E-state index in [2.05, 4.69) is 9.97 Å². The molecule has 0 aromatic carbocycles. The number of aromatic hydroxyl groups is 1. The number of hydrogen-bond acceptors (Lipinski definition) is 5. The Morgan fingerprint density at radius 1 is 1.43 bits per heavy atom. The zero-order chi connectivity index (χ0) is 9.97. The first kappa shape index (κ1) is 9.21. The van der Waals surface area contributed by atoms with Gasteiger partial charge in [0.2, 0.25) is 5.95 Å². The fraction of sp³-hybridized carbons (Fsp3) is 0.556. The van der Waals surface area contributed by atoms with Gasteiger partial charge in [-0.25, -0.2) is 9.97 Å². The maximum Gasteiger partial charge on any atom is 0.225 e. The first-order chi connectivity index (χ1) is 6.75. The fourth-order valence-electron chi connectivity index (χ4n) is 1.67. The number of piperidine rings is 1. The van der Waals surface area contributed by atoms with Gasteiger partial charge in [-0.05, 0) is 12.8 Å². The smallest absolute Gasteiger partial charge is 0.225 e. The van der Waals surface area contributed by atoms with Crippen molar-refractivity contribution in [2.24, 2.45) is 5.73 Å². The Kier molecular flexibility index (Phi) is 2.49. The van der Waals surface area contributed by atoms with E-state index < -0.39 is 0 Å². The van der Waals surface area contributed by atoms with Crippen LogP contribution in [0, 0.1) is 0 Å². The van der Waals surface area contributed by atoms with E-state index in [9.17, 15) is 0 Å². The van der Waals surface area contributed by atoms with Crippen LogP contribution in [0.15, 0.2) is 12.4 Å². The Balaban J connectivity index is 2.10. The summed E-state index contributed by atoms with van der Waals surface area (Å²) in [7, 11) is 0. The topological polar surface area (TPSA) is 75.3 Å². The SMILES string of the molecule is NC1CCCN(c2ncc(O)cn2)C1. The van der Waals surface area contributed by atoms with Crippen LogP contribution in [0.3, 0.4) is 0 Å². The molecule has 1 aromatic heterocycles. The van der Waals surface area contributed by atoms with E-state index in [1.54, 1.807) is 0 Å². The number of rotatable bonds is 1. The van der Waals surface area contributed by atoms with E-state index in [0.717, 1.165) is 25.9 Å². The van der Waals surface area contributed by atoms with Crippen molar-refractivity contribution < 1.29 is 5.11 Å². The van der Waals surface area contributed by atoms with Crippen LogP contribution in [-0.2, 0) is 0 Å². The molecule has 0 aliphatic carbocycles. The van der Waals surface area contributed by atoms with Crippen LogP contribution in [0.5, 0.6) is 5.75 Å². The van der Waals surface area contributed by atoms with Gasteiger partial charge in [0.1, 0.15) is 0 Å². The molecule has 0 amide bonds. The molecule has 2 rings (SSSR count). The molecule has 1 aliphatic heterocycles. The van der Waals surface area contributed by atoms with E-state index >= 15 is 0 Å². The lowest BCUT2D eigenvalue weighted by Crippen LogP contribution is -2.43. The van der Waals surface area contributed by atoms with Crippen LogP contribution in [0.25, 0.3) is 0 Å². The van der Waals surface area contributed by atoms with Crippen LogP contribution >= 0.6 is 0 Å². The van der Waals surface area contributed by atoms with Crippen LogP contribution in [0.1, 0.15) is 12.8 Å². The summed E-state index contributed by atoms with van der Waals surface area (Å²) in [5.41, 5.74) is 5.85. The third kappa shape index (κ3) is 1.93. The lowest BCUT2D eigenvalue weighted by molar-refractivity contribution is 0.466. The summed E-state index contributed by atoms with van der Waals surface area (Å²) < 4.78 is 0. The van der Waals surface area contributed by atoms with Crippen LogP contribution in [-0.4, -0.2) is 34.2 Å². The lowest BCUT2D eigenvalue weighted by Gasteiger charge is -2.30. The maximum absolute atomic E-state index is 9.04. The Hall–Kier alpha value is -1.36. The highest BCUT2D eigenvalue weighted by Crippen LogP contribution is 2.15. The Morgan fingerprint density at radius 2 is 2.14 bits per heavy atom. The molecular formula is C9H14N4O. The van der Waals surface area contributed by atoms with Crippen molar-refractivity contribution in [3.05, 3.63) is 12.4 Å². The molecule has 5 heteroatoms. The van der Waals surface area contributed by atoms with Crippen LogP contribution in [0.2, 0.25) is 0 Å². The van der Waals surface area contributed by atoms with Crippen molar-refractivity contribution in [2.75, 3.05) is 18.0 Å². The minimum absolute atomic E-state index is 0.0926. The van der Waals surface area contributed by atoms with Gasteiger partial charge in [-0.3, -0.25) is 0 Å². The van der Waals surface area contributed by atoms with Gasteiger partial charge in [0.15, 0.2) is 5.75 Å². The molecule has 1 fully saturated rings. The molecule has 1 atom stereocenters. The molecule has 1 aliphatic rings. The highest BCUT2D eigenvalue weighted by Gasteiger charge is 2.18. The van der Waals surface area contributed by atoms with E-state index in [4.69, 9.17) is 10.8 Å². The molecular weight excluding hydrogens is 180 g/mol. The maximum atomic E-state index is 9.04. The summed E-state index contributed by atoms with van der Waals surface area (Å²) >= 11 is 0. The third-order valence-corrected chi connectivity index (χ3v) is 2.37. The minimum atomic E-state index is 0.0926. The number of nitrogens with two attached hydrogens (primary N) is 1. The monoisotopic (exact) mass is 194 g/mol. The number of anilines is 1. The Labute approximate surface area is 82.6 Å². The largest absolute Gasteiger partial charge is 0.505 e. The highest BCUT2D eigenvalue weighted by atomic mass is 16.3. The molecule has 14 heavy (non-hydrogen) atoms. The summed E-state index contributed by atoms with van der Waals surface area (Å²) in [6, 6.07) is 0.209. The predicted molar refractivity (Wildman–Crippen MR) is 53.1 cm³/mol. The standard InChI is InChI=1S/C9H14N4O/c10-7-2-1-3-13(6-7)9-11-4-8(14)5-12-9/h4-5,7,14H,1-3,6,10H2. The molecule has 2 heterocycles. The molecule has 1 aromatic rings. The zero-order valence-electron chi connectivity index (χ0n) is 7.93. The molecule has 0 saturated carbocycles. The molecule has 3 N–H and O–H groups in total. The van der Waals surface area contributed by atoms with Gasteiger partial charge in [0.25, 0.3) is 0 Å². The van der Waals surface area contributed by atoms with Crippen molar-refractivity contribution >= 4 is 5.95 Å². The second-order valence-electron chi connectivity index (χ2n) is 3.59. The summed E-state index contributed by atoms with van der Waals surface area (Å²) in [5, 5.41) is 9.04. The van der Waals surface area contributed by atoms with Gasteiger partial charge < -0.3 is 15.7 Å². The Morgan fingerprint density at radius 3 is 2.79 bits per heavy atom. The van der Waals surface area contributed by atoms with Crippen molar-refractivity contribution in [1.82, 2.24) is 9.97 Å². The summed E-state index contributed by atoms with van der Waals surface area (Å²) in [6.07, 6.45) is 4.95.